The molecule has 0 aliphatic heterocycles. The molecule has 0 aliphatic rings. The molecular weight excluding hydrogens is 377 g/mol. The van der Waals surface area contributed by atoms with Crippen LogP contribution in [-0.4, -0.2) is 26.0 Å². The number of carbonyl (C=O) groups is 1. The van der Waals surface area contributed by atoms with Gasteiger partial charge in [0.15, 0.2) is 11.4 Å². The molecule has 0 unspecified atom stereocenters. The fraction of sp³-hybridized carbons (Fsp3) is 0.0500. The van der Waals surface area contributed by atoms with Crippen LogP contribution in [0.15, 0.2) is 70.2 Å². The monoisotopic (exact) mass is 391 g/mol. The number of halogens is 1. The van der Waals surface area contributed by atoms with Crippen molar-refractivity contribution in [2.45, 2.75) is 6.92 Å². The van der Waals surface area contributed by atoms with Crippen molar-refractivity contribution < 1.29 is 13.8 Å². The van der Waals surface area contributed by atoms with Crippen LogP contribution in [0.2, 0.25) is 0 Å². The second-order valence-corrected chi connectivity index (χ2v) is 6.23. The number of anilines is 1. The molecule has 0 bridgehead atoms. The van der Waals surface area contributed by atoms with Gasteiger partial charge in [0.2, 0.25) is 11.2 Å². The Morgan fingerprint density at radius 2 is 1.76 bits per heavy atom. The van der Waals surface area contributed by atoms with Crippen molar-refractivity contribution in [3.63, 3.8) is 0 Å². The Kier molecular flexibility index (Phi) is 4.70. The van der Waals surface area contributed by atoms with E-state index in [1.165, 1.54) is 41.2 Å². The molecular formula is C20H14FN5O3. The molecule has 0 atom stereocenters. The summed E-state index contributed by atoms with van der Waals surface area (Å²) in [4.78, 5) is 24.8. The molecule has 1 N–H and O–H groups in total. The van der Waals surface area contributed by atoms with Crippen LogP contribution in [-0.2, 0) is 0 Å². The van der Waals surface area contributed by atoms with Gasteiger partial charge in [-0.1, -0.05) is 29.8 Å². The smallest absolute Gasteiger partial charge is 0.281 e. The SMILES string of the molecule is Cc1ccc(-c2nonc2NC(=O)c2nn(-c3ccc(F)cc3)ccc2=O)cc1. The Morgan fingerprint density at radius 3 is 2.48 bits per heavy atom. The van der Waals surface area contributed by atoms with Crippen LogP contribution in [0.1, 0.15) is 16.1 Å². The van der Waals surface area contributed by atoms with E-state index in [1.807, 2.05) is 31.2 Å². The van der Waals surface area contributed by atoms with Crippen molar-refractivity contribution in [1.82, 2.24) is 20.1 Å². The van der Waals surface area contributed by atoms with Crippen LogP contribution in [0.3, 0.4) is 0 Å². The third-order valence-corrected chi connectivity index (χ3v) is 4.16. The van der Waals surface area contributed by atoms with E-state index in [4.69, 9.17) is 4.63 Å². The first-order valence-electron chi connectivity index (χ1n) is 8.58. The Morgan fingerprint density at radius 1 is 1.03 bits per heavy atom. The number of carbonyl (C=O) groups excluding carboxylic acids is 1. The van der Waals surface area contributed by atoms with Gasteiger partial charge in [-0.15, -0.1) is 0 Å². The number of rotatable bonds is 4. The summed E-state index contributed by atoms with van der Waals surface area (Å²) in [6.45, 7) is 1.95. The van der Waals surface area contributed by atoms with Crippen LogP contribution in [0.5, 0.6) is 0 Å². The summed E-state index contributed by atoms with van der Waals surface area (Å²) in [7, 11) is 0. The fourth-order valence-electron chi connectivity index (χ4n) is 2.64. The molecule has 0 saturated heterocycles. The number of benzene rings is 2. The van der Waals surface area contributed by atoms with Crippen molar-refractivity contribution in [3.8, 4) is 16.9 Å². The number of nitrogens with one attached hydrogen (secondary N) is 1. The van der Waals surface area contributed by atoms with Crippen molar-refractivity contribution >= 4 is 11.7 Å². The maximum Gasteiger partial charge on any atom is 0.281 e. The van der Waals surface area contributed by atoms with Gasteiger partial charge < -0.3 is 5.32 Å². The van der Waals surface area contributed by atoms with Crippen LogP contribution in [0.25, 0.3) is 16.9 Å². The lowest BCUT2D eigenvalue weighted by molar-refractivity contribution is 0.101. The van der Waals surface area contributed by atoms with E-state index >= 15 is 0 Å². The minimum Gasteiger partial charge on any atom is -0.300 e. The second kappa shape index (κ2) is 7.47. The second-order valence-electron chi connectivity index (χ2n) is 6.23. The number of hydrogen-bond acceptors (Lipinski definition) is 6. The van der Waals surface area contributed by atoms with Crippen molar-refractivity contribution in [3.05, 3.63) is 88.1 Å². The van der Waals surface area contributed by atoms with E-state index in [-0.39, 0.29) is 11.5 Å². The quantitative estimate of drug-likeness (QED) is 0.574. The Hall–Kier alpha value is -4.14. The van der Waals surface area contributed by atoms with Gasteiger partial charge >= 0.3 is 0 Å². The molecule has 0 aliphatic carbocycles. The van der Waals surface area contributed by atoms with E-state index in [2.05, 4.69) is 20.7 Å². The van der Waals surface area contributed by atoms with E-state index in [0.29, 0.717) is 16.9 Å². The standard InChI is InChI=1S/C20H14FN5O3/c1-12-2-4-13(5-3-12)17-19(25-29-24-17)22-20(28)18-16(27)10-11-26(23-18)15-8-6-14(21)7-9-15/h2-11H,1H3,(H,22,25,28). The van der Waals surface area contributed by atoms with Gasteiger partial charge in [0.1, 0.15) is 5.82 Å². The maximum absolute atomic E-state index is 13.1. The summed E-state index contributed by atoms with van der Waals surface area (Å²) >= 11 is 0. The summed E-state index contributed by atoms with van der Waals surface area (Å²) in [5, 5.41) is 14.1. The highest BCUT2D eigenvalue weighted by Gasteiger charge is 2.19. The first kappa shape index (κ1) is 18.2. The third kappa shape index (κ3) is 3.79. The molecule has 8 nitrogen and oxygen atoms in total. The van der Waals surface area contributed by atoms with Gasteiger partial charge in [0.05, 0.1) is 5.69 Å². The predicted molar refractivity (Wildman–Crippen MR) is 102 cm³/mol. The van der Waals surface area contributed by atoms with Crippen LogP contribution < -0.4 is 10.7 Å². The van der Waals surface area contributed by atoms with Crippen molar-refractivity contribution in [2.24, 2.45) is 0 Å². The number of nitrogens with zero attached hydrogens (tertiary/aromatic N) is 4. The highest BCUT2D eigenvalue weighted by molar-refractivity contribution is 6.03. The zero-order valence-corrected chi connectivity index (χ0v) is 15.2. The lowest BCUT2D eigenvalue weighted by atomic mass is 10.1. The van der Waals surface area contributed by atoms with Gasteiger partial charge in [-0.05, 0) is 41.5 Å². The Balaban J connectivity index is 1.64. The number of aryl methyl sites for hydroxylation is 1. The molecule has 4 aromatic rings. The van der Waals surface area contributed by atoms with Gasteiger partial charge in [-0.2, -0.15) is 5.10 Å². The minimum absolute atomic E-state index is 0.0669. The first-order valence-corrected chi connectivity index (χ1v) is 8.58. The van der Waals surface area contributed by atoms with Crippen LogP contribution >= 0.6 is 0 Å². The number of hydrogen-bond donors (Lipinski definition) is 1. The maximum atomic E-state index is 13.1. The molecule has 4 rings (SSSR count). The fourth-order valence-corrected chi connectivity index (χ4v) is 2.64. The van der Waals surface area contributed by atoms with Crippen molar-refractivity contribution in [2.75, 3.05) is 5.32 Å². The molecule has 0 spiro atoms. The van der Waals surface area contributed by atoms with Crippen LogP contribution in [0.4, 0.5) is 10.2 Å². The summed E-state index contributed by atoms with van der Waals surface area (Å²) in [6.07, 6.45) is 1.39. The van der Waals surface area contributed by atoms with E-state index < -0.39 is 17.2 Å². The minimum atomic E-state index is -0.768. The third-order valence-electron chi connectivity index (χ3n) is 4.16. The summed E-state index contributed by atoms with van der Waals surface area (Å²) < 4.78 is 19.2. The lowest BCUT2D eigenvalue weighted by Crippen LogP contribution is -2.25. The van der Waals surface area contributed by atoms with Gasteiger partial charge in [0.25, 0.3) is 5.91 Å². The first-order chi connectivity index (χ1) is 14.0. The Bertz CT molecular complexity index is 1230. The van der Waals surface area contributed by atoms with Gasteiger partial charge in [-0.3, -0.25) is 9.59 Å². The summed E-state index contributed by atoms with van der Waals surface area (Å²) in [6, 6.07) is 14.1. The Labute approximate surface area is 163 Å². The molecule has 0 saturated carbocycles. The normalized spacial score (nSPS) is 10.7. The average molecular weight is 391 g/mol. The summed E-state index contributed by atoms with van der Waals surface area (Å²) in [5.41, 5.74) is 1.64. The van der Waals surface area contributed by atoms with E-state index in [9.17, 15) is 14.0 Å². The molecule has 0 radical (unpaired) electrons. The van der Waals surface area contributed by atoms with Crippen molar-refractivity contribution in [1.29, 1.82) is 0 Å². The summed E-state index contributed by atoms with van der Waals surface area (Å²) in [5.74, 6) is -1.11. The average Bonchev–Trinajstić information content (AvgIpc) is 3.17. The van der Waals surface area contributed by atoms with Gasteiger partial charge in [-0.25, -0.2) is 13.7 Å². The molecule has 2 heterocycles. The highest BCUT2D eigenvalue weighted by atomic mass is 19.1. The highest BCUT2D eigenvalue weighted by Crippen LogP contribution is 2.24. The molecule has 144 valence electrons. The zero-order valence-electron chi connectivity index (χ0n) is 15.2. The van der Waals surface area contributed by atoms with Crippen LogP contribution in [0, 0.1) is 12.7 Å². The van der Waals surface area contributed by atoms with E-state index in [0.717, 1.165) is 5.56 Å². The molecule has 2 aromatic carbocycles. The molecule has 9 heteroatoms. The lowest BCUT2D eigenvalue weighted by Gasteiger charge is -2.07. The predicted octanol–water partition coefficient (Wildman–Crippen LogP) is 2.98. The molecule has 0 fully saturated rings. The number of aromatic nitrogens is 4. The zero-order chi connectivity index (χ0) is 20.4. The topological polar surface area (TPSA) is 103 Å². The number of amides is 1. The largest absolute Gasteiger partial charge is 0.300 e. The molecule has 1 amide bonds. The van der Waals surface area contributed by atoms with Gasteiger partial charge in [0, 0.05) is 17.8 Å². The van der Waals surface area contributed by atoms with E-state index in [1.54, 1.807) is 0 Å². The molecule has 2 aromatic heterocycles. The molecule has 29 heavy (non-hydrogen) atoms.